The summed E-state index contributed by atoms with van der Waals surface area (Å²) in [6.07, 6.45) is 2.10. The van der Waals surface area contributed by atoms with Crippen LogP contribution in [-0.2, 0) is 6.54 Å². The van der Waals surface area contributed by atoms with Gasteiger partial charge in [-0.15, -0.1) is 0 Å². The van der Waals surface area contributed by atoms with E-state index in [0.29, 0.717) is 11.6 Å². The molecule has 0 spiro atoms. The van der Waals surface area contributed by atoms with Gasteiger partial charge in [-0.2, -0.15) is 0 Å². The van der Waals surface area contributed by atoms with E-state index in [1.54, 1.807) is 13.2 Å². The smallest absolute Gasteiger partial charge is 0.150 e. The standard InChI is InChI=1S/C17H26N2O2/c1-4-14(2)19-9-7-18(8-10-19)12-16-11-15(13-20)5-6-17(16)21-3/h5-6,11,13-14H,4,7-10,12H2,1-3H3. The monoisotopic (exact) mass is 290 g/mol. The average Bonchev–Trinajstić information content (AvgIpc) is 2.54. The highest BCUT2D eigenvalue weighted by atomic mass is 16.5. The summed E-state index contributed by atoms with van der Waals surface area (Å²) in [6.45, 7) is 9.76. The van der Waals surface area contributed by atoms with E-state index in [1.165, 1.54) is 6.42 Å². The van der Waals surface area contributed by atoms with E-state index in [2.05, 4.69) is 23.6 Å². The molecular formula is C17H26N2O2. The first-order valence-electron chi connectivity index (χ1n) is 7.76. The molecule has 1 aliphatic heterocycles. The van der Waals surface area contributed by atoms with E-state index in [9.17, 15) is 4.79 Å². The molecular weight excluding hydrogens is 264 g/mol. The lowest BCUT2D eigenvalue weighted by Gasteiger charge is -2.38. The Labute approximate surface area is 127 Å². The number of carbonyl (C=O) groups is 1. The summed E-state index contributed by atoms with van der Waals surface area (Å²) >= 11 is 0. The van der Waals surface area contributed by atoms with E-state index in [-0.39, 0.29) is 0 Å². The van der Waals surface area contributed by atoms with Crippen LogP contribution in [0.5, 0.6) is 5.75 Å². The predicted molar refractivity (Wildman–Crippen MR) is 85.0 cm³/mol. The third kappa shape index (κ3) is 4.05. The lowest BCUT2D eigenvalue weighted by atomic mass is 10.1. The van der Waals surface area contributed by atoms with Crippen LogP contribution in [0, 0.1) is 0 Å². The number of nitrogens with zero attached hydrogens (tertiary/aromatic N) is 2. The molecule has 1 heterocycles. The molecule has 0 N–H and O–H groups in total. The number of methoxy groups -OCH3 is 1. The average molecular weight is 290 g/mol. The minimum absolute atomic E-state index is 0.667. The number of benzene rings is 1. The SMILES string of the molecule is CCC(C)N1CCN(Cc2cc(C=O)ccc2OC)CC1. The molecule has 1 saturated heterocycles. The van der Waals surface area contributed by atoms with Gasteiger partial charge in [0.05, 0.1) is 7.11 Å². The Balaban J connectivity index is 1.98. The van der Waals surface area contributed by atoms with Crippen LogP contribution >= 0.6 is 0 Å². The Bertz CT molecular complexity index is 468. The van der Waals surface area contributed by atoms with Gasteiger partial charge in [-0.25, -0.2) is 0 Å². The zero-order valence-electron chi connectivity index (χ0n) is 13.3. The Morgan fingerprint density at radius 2 is 2.00 bits per heavy atom. The fourth-order valence-corrected chi connectivity index (χ4v) is 2.86. The maximum Gasteiger partial charge on any atom is 0.150 e. The molecule has 0 amide bonds. The predicted octanol–water partition coefficient (Wildman–Crippen LogP) is 2.42. The maximum absolute atomic E-state index is 10.9. The molecule has 1 fully saturated rings. The molecule has 116 valence electrons. The highest BCUT2D eigenvalue weighted by molar-refractivity contribution is 5.75. The second kappa shape index (κ2) is 7.57. The first kappa shape index (κ1) is 16.0. The minimum Gasteiger partial charge on any atom is -0.496 e. The van der Waals surface area contributed by atoms with Crippen molar-refractivity contribution in [2.75, 3.05) is 33.3 Å². The van der Waals surface area contributed by atoms with Gasteiger partial charge in [-0.05, 0) is 31.5 Å². The van der Waals surface area contributed by atoms with Gasteiger partial charge in [0.2, 0.25) is 0 Å². The van der Waals surface area contributed by atoms with Gasteiger partial charge in [0, 0.05) is 49.9 Å². The summed E-state index contributed by atoms with van der Waals surface area (Å²) in [5.74, 6) is 0.866. The zero-order valence-corrected chi connectivity index (χ0v) is 13.3. The van der Waals surface area contributed by atoms with Crippen molar-refractivity contribution in [1.29, 1.82) is 0 Å². The third-order valence-corrected chi connectivity index (χ3v) is 4.46. The number of hydrogen-bond donors (Lipinski definition) is 0. The third-order valence-electron chi connectivity index (χ3n) is 4.46. The van der Waals surface area contributed by atoms with E-state index in [4.69, 9.17) is 4.74 Å². The van der Waals surface area contributed by atoms with Gasteiger partial charge in [0.25, 0.3) is 0 Å². The number of hydrogen-bond acceptors (Lipinski definition) is 4. The summed E-state index contributed by atoms with van der Waals surface area (Å²) in [5.41, 5.74) is 1.81. The van der Waals surface area contributed by atoms with Crippen molar-refractivity contribution in [1.82, 2.24) is 9.80 Å². The van der Waals surface area contributed by atoms with Crippen molar-refractivity contribution in [3.63, 3.8) is 0 Å². The molecule has 1 aromatic rings. The van der Waals surface area contributed by atoms with Gasteiger partial charge < -0.3 is 4.74 Å². The van der Waals surface area contributed by atoms with Gasteiger partial charge in [0.15, 0.2) is 0 Å². The van der Waals surface area contributed by atoms with E-state index in [0.717, 1.165) is 50.3 Å². The van der Waals surface area contributed by atoms with Gasteiger partial charge in [0.1, 0.15) is 12.0 Å². The largest absolute Gasteiger partial charge is 0.496 e. The molecule has 21 heavy (non-hydrogen) atoms. The number of carbonyl (C=O) groups excluding carboxylic acids is 1. The van der Waals surface area contributed by atoms with Crippen molar-refractivity contribution in [3.05, 3.63) is 29.3 Å². The van der Waals surface area contributed by atoms with Crippen LogP contribution in [0.3, 0.4) is 0 Å². The summed E-state index contributed by atoms with van der Waals surface area (Å²) in [7, 11) is 1.68. The first-order valence-corrected chi connectivity index (χ1v) is 7.76. The van der Waals surface area contributed by atoms with Gasteiger partial charge in [-0.3, -0.25) is 14.6 Å². The molecule has 1 aromatic carbocycles. The zero-order chi connectivity index (χ0) is 15.2. The van der Waals surface area contributed by atoms with Crippen LogP contribution in [0.15, 0.2) is 18.2 Å². The van der Waals surface area contributed by atoms with E-state index in [1.807, 2.05) is 12.1 Å². The molecule has 0 aromatic heterocycles. The summed E-state index contributed by atoms with van der Waals surface area (Å²) < 4.78 is 5.41. The molecule has 0 saturated carbocycles. The Morgan fingerprint density at radius 3 is 2.57 bits per heavy atom. The molecule has 1 aliphatic rings. The van der Waals surface area contributed by atoms with Crippen LogP contribution in [0.4, 0.5) is 0 Å². The van der Waals surface area contributed by atoms with Crippen LogP contribution in [-0.4, -0.2) is 55.4 Å². The fourth-order valence-electron chi connectivity index (χ4n) is 2.86. The maximum atomic E-state index is 10.9. The van der Waals surface area contributed by atoms with Crippen LogP contribution in [0.2, 0.25) is 0 Å². The topological polar surface area (TPSA) is 32.8 Å². The van der Waals surface area contributed by atoms with Crippen molar-refractivity contribution >= 4 is 6.29 Å². The normalized spacial score (nSPS) is 18.4. The van der Waals surface area contributed by atoms with Crippen LogP contribution in [0.1, 0.15) is 36.2 Å². The summed E-state index contributed by atoms with van der Waals surface area (Å²) in [4.78, 5) is 15.9. The van der Waals surface area contributed by atoms with Crippen LogP contribution in [0.25, 0.3) is 0 Å². The number of aldehydes is 1. The molecule has 2 rings (SSSR count). The Morgan fingerprint density at radius 1 is 1.29 bits per heavy atom. The number of ether oxygens (including phenoxy) is 1. The summed E-state index contributed by atoms with van der Waals surface area (Å²) in [5, 5.41) is 0. The molecule has 0 radical (unpaired) electrons. The lowest BCUT2D eigenvalue weighted by Crippen LogP contribution is -2.49. The Hall–Kier alpha value is -1.39. The fraction of sp³-hybridized carbons (Fsp3) is 0.588. The first-order chi connectivity index (χ1) is 10.2. The van der Waals surface area contributed by atoms with E-state index >= 15 is 0 Å². The van der Waals surface area contributed by atoms with Crippen molar-refractivity contribution < 1.29 is 9.53 Å². The lowest BCUT2D eigenvalue weighted by molar-refractivity contribution is 0.0958. The van der Waals surface area contributed by atoms with Gasteiger partial charge in [-0.1, -0.05) is 6.92 Å². The van der Waals surface area contributed by atoms with Crippen LogP contribution < -0.4 is 4.74 Å². The molecule has 0 aliphatic carbocycles. The second-order valence-corrected chi connectivity index (χ2v) is 5.76. The minimum atomic E-state index is 0.667. The molecule has 4 nitrogen and oxygen atoms in total. The Kier molecular flexibility index (Phi) is 5.76. The molecule has 4 heteroatoms. The van der Waals surface area contributed by atoms with Crippen molar-refractivity contribution in [2.24, 2.45) is 0 Å². The molecule has 1 unspecified atom stereocenters. The molecule has 1 atom stereocenters. The highest BCUT2D eigenvalue weighted by Gasteiger charge is 2.20. The number of rotatable bonds is 6. The quantitative estimate of drug-likeness (QED) is 0.753. The van der Waals surface area contributed by atoms with Crippen molar-refractivity contribution in [3.8, 4) is 5.75 Å². The number of piperazine rings is 1. The summed E-state index contributed by atoms with van der Waals surface area (Å²) in [6, 6.07) is 6.29. The van der Waals surface area contributed by atoms with Crippen molar-refractivity contribution in [2.45, 2.75) is 32.9 Å². The van der Waals surface area contributed by atoms with E-state index < -0.39 is 0 Å². The second-order valence-electron chi connectivity index (χ2n) is 5.76. The highest BCUT2D eigenvalue weighted by Crippen LogP contribution is 2.22. The van der Waals surface area contributed by atoms with Gasteiger partial charge >= 0.3 is 0 Å². The molecule has 0 bridgehead atoms.